The standard InChI is InChI=1S/C14H11ClF2N2O/c1-19(8-10-11(15)5-2-6-12(10)16)14(20)9-4-3-7-18-13(9)17/h2-7H,8H2,1H3. The fourth-order valence-electron chi connectivity index (χ4n) is 1.74. The maximum Gasteiger partial charge on any atom is 0.258 e. The molecule has 0 aliphatic carbocycles. The van der Waals surface area contributed by atoms with Gasteiger partial charge in [-0.2, -0.15) is 4.39 Å². The molecule has 2 aromatic rings. The van der Waals surface area contributed by atoms with Crippen LogP contribution in [0.1, 0.15) is 15.9 Å². The van der Waals surface area contributed by atoms with Crippen LogP contribution in [-0.4, -0.2) is 22.8 Å². The molecule has 1 heterocycles. The molecular formula is C14H11ClF2N2O. The lowest BCUT2D eigenvalue weighted by molar-refractivity contribution is 0.0778. The van der Waals surface area contributed by atoms with Crippen LogP contribution in [0.4, 0.5) is 8.78 Å². The maximum atomic E-state index is 13.6. The van der Waals surface area contributed by atoms with Gasteiger partial charge in [0.15, 0.2) is 0 Å². The average molecular weight is 297 g/mol. The molecule has 0 spiro atoms. The first-order valence-corrected chi connectivity index (χ1v) is 6.17. The molecule has 1 amide bonds. The number of pyridine rings is 1. The van der Waals surface area contributed by atoms with Crippen molar-refractivity contribution < 1.29 is 13.6 Å². The molecule has 0 saturated heterocycles. The van der Waals surface area contributed by atoms with Gasteiger partial charge in [0.1, 0.15) is 5.82 Å². The molecule has 0 atom stereocenters. The Morgan fingerprint density at radius 3 is 2.70 bits per heavy atom. The highest BCUT2D eigenvalue weighted by Crippen LogP contribution is 2.21. The van der Waals surface area contributed by atoms with Crippen LogP contribution in [0.5, 0.6) is 0 Å². The smallest absolute Gasteiger partial charge is 0.258 e. The van der Waals surface area contributed by atoms with E-state index in [-0.39, 0.29) is 22.7 Å². The lowest BCUT2D eigenvalue weighted by Crippen LogP contribution is -2.27. The molecular weight excluding hydrogens is 286 g/mol. The quantitative estimate of drug-likeness (QED) is 0.814. The minimum atomic E-state index is -0.857. The van der Waals surface area contributed by atoms with E-state index in [1.54, 1.807) is 0 Å². The minimum Gasteiger partial charge on any atom is -0.337 e. The van der Waals surface area contributed by atoms with Crippen LogP contribution < -0.4 is 0 Å². The molecule has 0 unspecified atom stereocenters. The number of amides is 1. The first-order chi connectivity index (χ1) is 9.50. The van der Waals surface area contributed by atoms with Gasteiger partial charge in [-0.1, -0.05) is 17.7 Å². The summed E-state index contributed by atoms with van der Waals surface area (Å²) in [6.07, 6.45) is 1.25. The number of halogens is 3. The Kier molecular flexibility index (Phi) is 4.29. The number of nitrogens with zero attached hydrogens (tertiary/aromatic N) is 2. The van der Waals surface area contributed by atoms with Crippen molar-refractivity contribution in [2.75, 3.05) is 7.05 Å². The second-order valence-corrected chi connectivity index (χ2v) is 4.61. The Morgan fingerprint density at radius 1 is 1.30 bits per heavy atom. The Bertz CT molecular complexity index is 629. The topological polar surface area (TPSA) is 33.2 Å². The molecule has 0 bridgehead atoms. The number of carbonyl (C=O) groups excluding carboxylic acids is 1. The van der Waals surface area contributed by atoms with Gasteiger partial charge in [-0.3, -0.25) is 4.79 Å². The zero-order chi connectivity index (χ0) is 14.7. The van der Waals surface area contributed by atoms with E-state index in [2.05, 4.69) is 4.98 Å². The van der Waals surface area contributed by atoms with Crippen molar-refractivity contribution >= 4 is 17.5 Å². The summed E-state index contributed by atoms with van der Waals surface area (Å²) in [4.78, 5) is 16.7. The molecule has 20 heavy (non-hydrogen) atoms. The van der Waals surface area contributed by atoms with Gasteiger partial charge in [0.2, 0.25) is 5.95 Å². The number of aromatic nitrogens is 1. The number of benzene rings is 1. The van der Waals surface area contributed by atoms with Crippen molar-refractivity contribution in [2.45, 2.75) is 6.54 Å². The van der Waals surface area contributed by atoms with E-state index < -0.39 is 17.7 Å². The number of hydrogen-bond donors (Lipinski definition) is 0. The molecule has 0 radical (unpaired) electrons. The van der Waals surface area contributed by atoms with Crippen molar-refractivity contribution in [3.05, 3.63) is 64.4 Å². The van der Waals surface area contributed by atoms with Crippen LogP contribution in [-0.2, 0) is 6.54 Å². The highest BCUT2D eigenvalue weighted by Gasteiger charge is 2.19. The third-order valence-electron chi connectivity index (χ3n) is 2.79. The Labute approximate surface area is 119 Å². The number of rotatable bonds is 3. The summed E-state index contributed by atoms with van der Waals surface area (Å²) in [6, 6.07) is 7.04. The highest BCUT2D eigenvalue weighted by molar-refractivity contribution is 6.31. The summed E-state index contributed by atoms with van der Waals surface area (Å²) >= 11 is 5.89. The zero-order valence-electron chi connectivity index (χ0n) is 10.6. The molecule has 1 aromatic heterocycles. The van der Waals surface area contributed by atoms with E-state index in [1.807, 2.05) is 0 Å². The van der Waals surface area contributed by atoms with Gasteiger partial charge < -0.3 is 4.90 Å². The highest BCUT2D eigenvalue weighted by atomic mass is 35.5. The van der Waals surface area contributed by atoms with Crippen molar-refractivity contribution in [3.63, 3.8) is 0 Å². The van der Waals surface area contributed by atoms with Crippen LogP contribution in [0.3, 0.4) is 0 Å². The fraction of sp³-hybridized carbons (Fsp3) is 0.143. The zero-order valence-corrected chi connectivity index (χ0v) is 11.4. The van der Waals surface area contributed by atoms with Crippen molar-refractivity contribution in [1.29, 1.82) is 0 Å². The summed E-state index contributed by atoms with van der Waals surface area (Å²) in [6.45, 7) is -0.0569. The van der Waals surface area contributed by atoms with E-state index in [4.69, 9.17) is 11.6 Å². The van der Waals surface area contributed by atoms with Gasteiger partial charge in [0.25, 0.3) is 5.91 Å². The first kappa shape index (κ1) is 14.4. The second kappa shape index (κ2) is 5.96. The normalized spacial score (nSPS) is 10.4. The van der Waals surface area contributed by atoms with Crippen LogP contribution in [0.15, 0.2) is 36.5 Å². The summed E-state index contributed by atoms with van der Waals surface area (Å²) < 4.78 is 27.1. The molecule has 1 aromatic carbocycles. The van der Waals surface area contributed by atoms with Crippen molar-refractivity contribution in [1.82, 2.24) is 9.88 Å². The van der Waals surface area contributed by atoms with Crippen LogP contribution in [0, 0.1) is 11.8 Å². The van der Waals surface area contributed by atoms with Gasteiger partial charge in [0, 0.05) is 30.4 Å². The lowest BCUT2D eigenvalue weighted by atomic mass is 10.2. The van der Waals surface area contributed by atoms with Gasteiger partial charge in [0.05, 0.1) is 5.56 Å². The summed E-state index contributed by atoms with van der Waals surface area (Å²) in [7, 11) is 1.44. The van der Waals surface area contributed by atoms with E-state index >= 15 is 0 Å². The second-order valence-electron chi connectivity index (χ2n) is 4.20. The molecule has 0 fully saturated rings. The number of hydrogen-bond acceptors (Lipinski definition) is 2. The molecule has 0 N–H and O–H groups in total. The van der Waals surface area contributed by atoms with E-state index in [0.29, 0.717) is 0 Å². The molecule has 104 valence electrons. The predicted octanol–water partition coefficient (Wildman–Crippen LogP) is 3.29. The SMILES string of the molecule is CN(Cc1c(F)cccc1Cl)C(=O)c1cccnc1F. The Hall–Kier alpha value is -2.01. The fourth-order valence-corrected chi connectivity index (χ4v) is 1.97. The third kappa shape index (κ3) is 2.93. The van der Waals surface area contributed by atoms with Crippen molar-refractivity contribution in [2.24, 2.45) is 0 Å². The Balaban J connectivity index is 2.23. The molecule has 3 nitrogen and oxygen atoms in total. The lowest BCUT2D eigenvalue weighted by Gasteiger charge is -2.18. The molecule has 0 saturated carbocycles. The van der Waals surface area contributed by atoms with Crippen LogP contribution >= 0.6 is 11.6 Å². The van der Waals surface area contributed by atoms with E-state index in [1.165, 1.54) is 48.5 Å². The predicted molar refractivity (Wildman–Crippen MR) is 71.4 cm³/mol. The van der Waals surface area contributed by atoms with E-state index in [9.17, 15) is 13.6 Å². The summed E-state index contributed by atoms with van der Waals surface area (Å²) in [5.41, 5.74) is 0.0248. The van der Waals surface area contributed by atoms with Gasteiger partial charge in [-0.25, -0.2) is 9.37 Å². The minimum absolute atomic E-state index is 0.0569. The summed E-state index contributed by atoms with van der Waals surface area (Å²) in [5.74, 6) is -1.96. The molecule has 2 rings (SSSR count). The van der Waals surface area contributed by atoms with Crippen LogP contribution in [0.2, 0.25) is 5.02 Å². The first-order valence-electron chi connectivity index (χ1n) is 5.79. The molecule has 0 aliphatic rings. The maximum absolute atomic E-state index is 13.6. The van der Waals surface area contributed by atoms with Gasteiger partial charge in [-0.15, -0.1) is 0 Å². The van der Waals surface area contributed by atoms with Crippen molar-refractivity contribution in [3.8, 4) is 0 Å². The molecule has 6 heteroatoms. The van der Waals surface area contributed by atoms with Gasteiger partial charge in [-0.05, 0) is 24.3 Å². The molecule has 0 aliphatic heterocycles. The monoisotopic (exact) mass is 296 g/mol. The van der Waals surface area contributed by atoms with E-state index in [0.717, 1.165) is 0 Å². The van der Waals surface area contributed by atoms with Gasteiger partial charge >= 0.3 is 0 Å². The van der Waals surface area contributed by atoms with Crippen LogP contribution in [0.25, 0.3) is 0 Å². The third-order valence-corrected chi connectivity index (χ3v) is 3.15. The largest absolute Gasteiger partial charge is 0.337 e. The Morgan fingerprint density at radius 2 is 2.05 bits per heavy atom. The summed E-state index contributed by atoms with van der Waals surface area (Å²) in [5, 5.41) is 0.219. The average Bonchev–Trinajstić information content (AvgIpc) is 2.42. The number of carbonyl (C=O) groups is 1.